The van der Waals surface area contributed by atoms with E-state index < -0.39 is 18.0 Å². The van der Waals surface area contributed by atoms with Crippen LogP contribution in [0.2, 0.25) is 0 Å². The van der Waals surface area contributed by atoms with Crippen LogP contribution in [0.1, 0.15) is 16.2 Å². The van der Waals surface area contributed by atoms with E-state index >= 15 is 0 Å². The summed E-state index contributed by atoms with van der Waals surface area (Å²) in [6.45, 7) is 0. The van der Waals surface area contributed by atoms with Gasteiger partial charge in [0, 0.05) is 0 Å². The lowest BCUT2D eigenvalue weighted by molar-refractivity contribution is -0.146. The molecule has 1 heterocycles. The predicted molar refractivity (Wildman–Crippen MR) is 57.7 cm³/mol. The fourth-order valence-electron chi connectivity index (χ4n) is 1.53. The molecule has 0 unspecified atom stereocenters. The second kappa shape index (κ2) is 4.79. The van der Waals surface area contributed by atoms with E-state index in [0.29, 0.717) is 4.68 Å². The van der Waals surface area contributed by atoms with Gasteiger partial charge in [-0.1, -0.05) is 0 Å². The number of rotatable bonds is 3. The molecule has 1 aromatic carbocycles. The summed E-state index contributed by atoms with van der Waals surface area (Å²) in [4.78, 5) is 11.0. The van der Waals surface area contributed by atoms with Crippen molar-refractivity contribution in [3.05, 3.63) is 29.6 Å². The maximum absolute atomic E-state index is 12.7. The summed E-state index contributed by atoms with van der Waals surface area (Å²) in [5.74, 6) is -2.67. The Kier molecular flexibility index (Phi) is 3.30. The maximum atomic E-state index is 12.7. The highest BCUT2D eigenvalue weighted by atomic mass is 19.4. The van der Waals surface area contributed by atoms with Gasteiger partial charge in [-0.3, -0.25) is 0 Å². The van der Waals surface area contributed by atoms with E-state index in [1.807, 2.05) is 0 Å². The third kappa shape index (κ3) is 2.39. The molecule has 2 rings (SSSR count). The summed E-state index contributed by atoms with van der Waals surface area (Å²) < 4.78 is 43.2. The Morgan fingerprint density at radius 2 is 2.10 bits per heavy atom. The number of halogens is 3. The largest absolute Gasteiger partial charge is 0.496 e. The van der Waals surface area contributed by atoms with Gasteiger partial charge in [-0.15, -0.1) is 5.10 Å². The summed E-state index contributed by atoms with van der Waals surface area (Å²) in [5, 5.41) is 18.0. The van der Waals surface area contributed by atoms with Crippen LogP contribution in [-0.2, 0) is 6.18 Å². The molecule has 0 aliphatic heterocycles. The van der Waals surface area contributed by atoms with Crippen LogP contribution >= 0.6 is 0 Å². The lowest BCUT2D eigenvalue weighted by Gasteiger charge is -2.10. The Balaban J connectivity index is 2.57. The normalized spacial score (nSPS) is 11.4. The van der Waals surface area contributed by atoms with E-state index in [4.69, 9.17) is 9.84 Å². The molecule has 10 heteroatoms. The summed E-state index contributed by atoms with van der Waals surface area (Å²) in [5.41, 5.74) is -0.436. The second-order valence-electron chi connectivity index (χ2n) is 3.60. The summed E-state index contributed by atoms with van der Waals surface area (Å²) in [6, 6.07) is 3.43. The first-order valence-electron chi connectivity index (χ1n) is 5.12. The molecule has 20 heavy (non-hydrogen) atoms. The van der Waals surface area contributed by atoms with Crippen LogP contribution in [0, 0.1) is 0 Å². The minimum absolute atomic E-state index is 0.0166. The number of nitrogens with zero attached hydrogens (tertiary/aromatic N) is 4. The van der Waals surface area contributed by atoms with Gasteiger partial charge >= 0.3 is 12.1 Å². The van der Waals surface area contributed by atoms with Gasteiger partial charge in [0.15, 0.2) is 0 Å². The van der Waals surface area contributed by atoms with Crippen molar-refractivity contribution in [2.45, 2.75) is 6.18 Å². The predicted octanol–water partition coefficient (Wildman–Crippen LogP) is 1.39. The molecule has 0 radical (unpaired) electrons. The van der Waals surface area contributed by atoms with Crippen LogP contribution in [0.3, 0.4) is 0 Å². The number of carboxylic acid groups (broad SMARTS) is 1. The first-order valence-corrected chi connectivity index (χ1v) is 5.12. The van der Waals surface area contributed by atoms with Crippen LogP contribution in [0.25, 0.3) is 5.69 Å². The van der Waals surface area contributed by atoms with Crippen molar-refractivity contribution in [3.8, 4) is 11.4 Å². The van der Waals surface area contributed by atoms with Gasteiger partial charge in [0.2, 0.25) is 0 Å². The Labute approximate surface area is 109 Å². The number of hydrogen-bond acceptors (Lipinski definition) is 5. The minimum Gasteiger partial charge on any atom is -0.496 e. The van der Waals surface area contributed by atoms with Crippen molar-refractivity contribution in [1.29, 1.82) is 0 Å². The van der Waals surface area contributed by atoms with Crippen LogP contribution in [0.4, 0.5) is 13.2 Å². The standard InChI is InChI=1S/C10H7F3N4O3/c1-20-7-3-2-5(4-6(7)8(18)19)17-9(10(11,12)13)14-15-16-17/h2-4H,1H3,(H,18,19). The fourth-order valence-corrected chi connectivity index (χ4v) is 1.53. The molecule has 0 amide bonds. The van der Waals surface area contributed by atoms with Crippen LogP contribution in [-0.4, -0.2) is 38.4 Å². The Morgan fingerprint density at radius 3 is 2.65 bits per heavy atom. The SMILES string of the molecule is COc1ccc(-n2nnnc2C(F)(F)F)cc1C(=O)O. The average molecular weight is 288 g/mol. The summed E-state index contributed by atoms with van der Waals surface area (Å²) in [7, 11) is 1.25. The van der Waals surface area contributed by atoms with Crippen molar-refractivity contribution in [2.75, 3.05) is 7.11 Å². The average Bonchev–Trinajstić information content (AvgIpc) is 2.87. The highest BCUT2D eigenvalue weighted by Gasteiger charge is 2.38. The molecule has 0 spiro atoms. The van der Waals surface area contributed by atoms with E-state index in [2.05, 4.69) is 15.5 Å². The minimum atomic E-state index is -4.76. The molecule has 0 fully saturated rings. The zero-order valence-electron chi connectivity index (χ0n) is 9.92. The first kappa shape index (κ1) is 13.8. The van der Waals surface area contributed by atoms with Crippen LogP contribution < -0.4 is 4.74 Å². The van der Waals surface area contributed by atoms with E-state index in [-0.39, 0.29) is 17.0 Å². The van der Waals surface area contributed by atoms with Gasteiger partial charge in [-0.2, -0.15) is 17.9 Å². The van der Waals surface area contributed by atoms with Crippen molar-refractivity contribution in [3.63, 3.8) is 0 Å². The van der Waals surface area contributed by atoms with Gasteiger partial charge in [0.1, 0.15) is 11.3 Å². The number of tetrazole rings is 1. The number of ether oxygens (including phenoxy) is 1. The van der Waals surface area contributed by atoms with Crippen molar-refractivity contribution in [2.24, 2.45) is 0 Å². The molecule has 106 valence electrons. The summed E-state index contributed by atoms with van der Waals surface area (Å²) in [6.07, 6.45) is -4.76. The molecular weight excluding hydrogens is 281 g/mol. The number of carboxylic acids is 1. The smallest absolute Gasteiger partial charge is 0.453 e. The second-order valence-corrected chi connectivity index (χ2v) is 3.60. The van der Waals surface area contributed by atoms with E-state index in [0.717, 1.165) is 6.07 Å². The summed E-state index contributed by atoms with van der Waals surface area (Å²) >= 11 is 0. The molecule has 7 nitrogen and oxygen atoms in total. The molecule has 1 N–H and O–H groups in total. The third-order valence-corrected chi connectivity index (χ3v) is 2.38. The molecule has 0 aliphatic carbocycles. The van der Waals surface area contributed by atoms with Gasteiger partial charge in [-0.25, -0.2) is 4.79 Å². The Morgan fingerprint density at radius 1 is 1.40 bits per heavy atom. The number of hydrogen-bond donors (Lipinski definition) is 1. The molecule has 0 aliphatic rings. The topological polar surface area (TPSA) is 90.1 Å². The zero-order chi connectivity index (χ0) is 14.9. The number of alkyl halides is 3. The number of carbonyl (C=O) groups is 1. The number of benzene rings is 1. The van der Waals surface area contributed by atoms with Crippen molar-refractivity contribution >= 4 is 5.97 Å². The number of aromatic nitrogens is 4. The molecule has 1 aromatic heterocycles. The van der Waals surface area contributed by atoms with Crippen molar-refractivity contribution < 1.29 is 27.8 Å². The first-order chi connectivity index (χ1) is 9.34. The van der Waals surface area contributed by atoms with E-state index in [1.54, 1.807) is 0 Å². The van der Waals surface area contributed by atoms with Gasteiger partial charge in [0.25, 0.3) is 5.82 Å². The highest BCUT2D eigenvalue weighted by Crippen LogP contribution is 2.29. The maximum Gasteiger partial charge on any atom is 0.453 e. The van der Waals surface area contributed by atoms with E-state index in [1.165, 1.54) is 19.2 Å². The molecule has 0 atom stereocenters. The molecule has 0 saturated heterocycles. The Bertz CT molecular complexity index is 653. The number of aromatic carboxylic acids is 1. The Hall–Kier alpha value is -2.65. The van der Waals surface area contributed by atoms with Gasteiger partial charge in [-0.05, 0) is 28.6 Å². The van der Waals surface area contributed by atoms with Gasteiger partial charge < -0.3 is 9.84 Å². The quantitative estimate of drug-likeness (QED) is 0.917. The molecular formula is C10H7F3N4O3. The molecule has 0 saturated carbocycles. The number of methoxy groups -OCH3 is 1. The zero-order valence-corrected chi connectivity index (χ0v) is 9.92. The molecule has 0 bridgehead atoms. The highest BCUT2D eigenvalue weighted by molar-refractivity contribution is 5.91. The van der Waals surface area contributed by atoms with Crippen LogP contribution in [0.15, 0.2) is 18.2 Å². The molecule has 2 aromatic rings. The third-order valence-electron chi connectivity index (χ3n) is 2.38. The van der Waals surface area contributed by atoms with Gasteiger partial charge in [0.05, 0.1) is 12.8 Å². The van der Waals surface area contributed by atoms with E-state index in [9.17, 15) is 18.0 Å². The lowest BCUT2D eigenvalue weighted by Crippen LogP contribution is -2.15. The fraction of sp³-hybridized carbons (Fsp3) is 0.200. The van der Waals surface area contributed by atoms with Crippen molar-refractivity contribution in [1.82, 2.24) is 20.2 Å². The monoisotopic (exact) mass is 288 g/mol. The lowest BCUT2D eigenvalue weighted by atomic mass is 10.2. The van der Waals surface area contributed by atoms with Crippen LogP contribution in [0.5, 0.6) is 5.75 Å².